The van der Waals surface area contributed by atoms with Crippen LogP contribution in [0.4, 0.5) is 13.2 Å². The third kappa shape index (κ3) is 5.17. The number of dihydropyridines is 1. The summed E-state index contributed by atoms with van der Waals surface area (Å²) in [5, 5.41) is 3.06. The van der Waals surface area contributed by atoms with Crippen molar-refractivity contribution in [3.63, 3.8) is 0 Å². The molecule has 1 aromatic rings. The number of aromatic nitrogens is 2. The van der Waals surface area contributed by atoms with E-state index in [-0.39, 0.29) is 42.5 Å². The number of allylic oxidation sites excluding steroid dienone is 1. The number of hydrogen-bond acceptors (Lipinski definition) is 6. The van der Waals surface area contributed by atoms with Crippen molar-refractivity contribution in [3.05, 3.63) is 35.9 Å². The molecule has 0 aromatic carbocycles. The monoisotopic (exact) mass is 451 g/mol. The molecule has 1 N–H and O–H groups in total. The molecule has 3 heterocycles. The molecule has 2 fully saturated rings. The Bertz CT molecular complexity index is 858. The van der Waals surface area contributed by atoms with E-state index >= 15 is 0 Å². The second kappa shape index (κ2) is 9.66. The van der Waals surface area contributed by atoms with E-state index in [9.17, 15) is 18.0 Å². The molecule has 0 spiro atoms. The number of nitrogens with one attached hydrogen (secondary N) is 1. The van der Waals surface area contributed by atoms with E-state index in [4.69, 9.17) is 4.74 Å². The molecule has 0 bridgehead atoms. The summed E-state index contributed by atoms with van der Waals surface area (Å²) in [5.41, 5.74) is 0.538. The Balaban J connectivity index is 1.48. The first kappa shape index (κ1) is 22.8. The fraction of sp³-hybridized carbons (Fsp3) is 0.636. The predicted octanol–water partition coefficient (Wildman–Crippen LogP) is 2.80. The van der Waals surface area contributed by atoms with Gasteiger partial charge in [0.05, 0.1) is 24.8 Å². The van der Waals surface area contributed by atoms with Crippen LogP contribution in [0.5, 0.6) is 0 Å². The van der Waals surface area contributed by atoms with Crippen molar-refractivity contribution < 1.29 is 22.7 Å². The maximum atomic E-state index is 13.1. The molecule has 32 heavy (non-hydrogen) atoms. The number of hydrogen-bond donors (Lipinski definition) is 1. The van der Waals surface area contributed by atoms with Crippen LogP contribution in [0.25, 0.3) is 0 Å². The van der Waals surface area contributed by atoms with Gasteiger partial charge in [0.25, 0.3) is 0 Å². The van der Waals surface area contributed by atoms with Crippen molar-refractivity contribution in [3.8, 4) is 0 Å². The lowest BCUT2D eigenvalue weighted by Gasteiger charge is -2.38. The highest BCUT2D eigenvalue weighted by Gasteiger charge is 2.38. The molecule has 1 saturated heterocycles. The molecule has 3 aliphatic rings. The Morgan fingerprint density at radius 2 is 2.09 bits per heavy atom. The Morgan fingerprint density at radius 1 is 1.31 bits per heavy atom. The van der Waals surface area contributed by atoms with E-state index in [0.29, 0.717) is 25.3 Å². The van der Waals surface area contributed by atoms with Crippen LogP contribution >= 0.6 is 0 Å². The van der Waals surface area contributed by atoms with Gasteiger partial charge < -0.3 is 10.1 Å². The van der Waals surface area contributed by atoms with Gasteiger partial charge in [0, 0.05) is 55.6 Å². The first-order valence-electron chi connectivity index (χ1n) is 11.1. The molecule has 1 saturated carbocycles. The zero-order chi connectivity index (χ0) is 22.7. The minimum Gasteiger partial charge on any atom is -0.376 e. The molecule has 5 atom stereocenters. The maximum Gasteiger partial charge on any atom is 0.451 e. The van der Waals surface area contributed by atoms with Gasteiger partial charge in [-0.3, -0.25) is 14.7 Å². The molecule has 0 radical (unpaired) electrons. The molecule has 174 valence electrons. The first-order chi connectivity index (χ1) is 15.3. The van der Waals surface area contributed by atoms with Crippen molar-refractivity contribution in [1.82, 2.24) is 20.2 Å². The van der Waals surface area contributed by atoms with Gasteiger partial charge in [-0.05, 0) is 25.8 Å². The lowest BCUT2D eigenvalue weighted by molar-refractivity contribution is -0.145. The summed E-state index contributed by atoms with van der Waals surface area (Å²) < 4.78 is 44.3. The van der Waals surface area contributed by atoms with Gasteiger partial charge in [0.15, 0.2) is 0 Å². The number of morpholine rings is 1. The lowest BCUT2D eigenvalue weighted by Crippen LogP contribution is -2.48. The van der Waals surface area contributed by atoms with E-state index < -0.39 is 12.0 Å². The Morgan fingerprint density at radius 3 is 2.81 bits per heavy atom. The number of carbonyl (C=O) groups is 1. The summed E-state index contributed by atoms with van der Waals surface area (Å²) in [6.07, 6.45) is 6.29. The highest BCUT2D eigenvalue weighted by atomic mass is 19.4. The van der Waals surface area contributed by atoms with Gasteiger partial charge in [-0.1, -0.05) is 12.5 Å². The third-order valence-corrected chi connectivity index (χ3v) is 6.45. The Kier molecular flexibility index (Phi) is 6.90. The van der Waals surface area contributed by atoms with Crippen molar-refractivity contribution in [1.29, 1.82) is 0 Å². The Hall–Kier alpha value is -2.33. The average Bonchev–Trinajstić information content (AvgIpc) is 2.78. The highest BCUT2D eigenvalue weighted by Crippen LogP contribution is 2.35. The summed E-state index contributed by atoms with van der Waals surface area (Å²) in [5.74, 6) is -1.28. The van der Waals surface area contributed by atoms with Crippen molar-refractivity contribution in [2.24, 2.45) is 16.8 Å². The summed E-state index contributed by atoms with van der Waals surface area (Å²) in [6, 6.07) is -0.199. The van der Waals surface area contributed by atoms with E-state index in [0.717, 1.165) is 19.3 Å². The molecule has 2 aliphatic heterocycles. The normalized spacial score (nSPS) is 29.4. The summed E-state index contributed by atoms with van der Waals surface area (Å²) in [4.78, 5) is 26.8. The summed E-state index contributed by atoms with van der Waals surface area (Å²) >= 11 is 0. The summed E-state index contributed by atoms with van der Waals surface area (Å²) in [6.45, 7) is 3.94. The van der Waals surface area contributed by atoms with Crippen molar-refractivity contribution in [2.45, 2.75) is 50.6 Å². The minimum atomic E-state index is -4.59. The van der Waals surface area contributed by atoms with Gasteiger partial charge in [-0.15, -0.1) is 0 Å². The van der Waals surface area contributed by atoms with Gasteiger partial charge in [0.1, 0.15) is 0 Å². The molecule has 7 nitrogen and oxygen atoms in total. The lowest BCUT2D eigenvalue weighted by atomic mass is 9.74. The predicted molar refractivity (Wildman–Crippen MR) is 112 cm³/mol. The fourth-order valence-corrected chi connectivity index (χ4v) is 4.85. The molecule has 10 heteroatoms. The van der Waals surface area contributed by atoms with Gasteiger partial charge in [0.2, 0.25) is 11.7 Å². The van der Waals surface area contributed by atoms with E-state index in [1.54, 1.807) is 6.21 Å². The SMILES string of the molecule is CC1CN(C(CNC(=O)C2CCCC3N=CC=CC32)c2cnc(C(F)(F)F)nc2)CCO1. The van der Waals surface area contributed by atoms with Crippen LogP contribution in [0.1, 0.15) is 43.6 Å². The van der Waals surface area contributed by atoms with Crippen LogP contribution in [-0.2, 0) is 15.7 Å². The van der Waals surface area contributed by atoms with Crippen LogP contribution in [0.2, 0.25) is 0 Å². The summed E-state index contributed by atoms with van der Waals surface area (Å²) in [7, 11) is 0. The van der Waals surface area contributed by atoms with Crippen LogP contribution in [0.15, 0.2) is 29.5 Å². The largest absolute Gasteiger partial charge is 0.451 e. The highest BCUT2D eigenvalue weighted by molar-refractivity contribution is 5.80. The first-order valence-corrected chi connectivity index (χ1v) is 11.1. The van der Waals surface area contributed by atoms with Crippen LogP contribution in [-0.4, -0.2) is 65.4 Å². The van der Waals surface area contributed by atoms with Crippen LogP contribution in [0.3, 0.4) is 0 Å². The van der Waals surface area contributed by atoms with Crippen molar-refractivity contribution >= 4 is 12.1 Å². The van der Waals surface area contributed by atoms with E-state index in [1.165, 1.54) is 12.4 Å². The van der Waals surface area contributed by atoms with Crippen LogP contribution in [0, 0.1) is 11.8 Å². The quantitative estimate of drug-likeness (QED) is 0.745. The molecule has 1 aromatic heterocycles. The fourth-order valence-electron chi connectivity index (χ4n) is 4.85. The number of halogens is 3. The second-order valence-corrected chi connectivity index (χ2v) is 8.64. The number of aliphatic imine (C=N–C) groups is 1. The molecular weight excluding hydrogens is 423 g/mol. The van der Waals surface area contributed by atoms with Crippen LogP contribution < -0.4 is 5.32 Å². The zero-order valence-corrected chi connectivity index (χ0v) is 18.0. The molecule has 4 rings (SSSR count). The number of fused-ring (bicyclic) bond motifs is 1. The minimum absolute atomic E-state index is 0.0124. The number of ether oxygens (including phenoxy) is 1. The van der Waals surface area contributed by atoms with Crippen molar-refractivity contribution in [2.75, 3.05) is 26.2 Å². The van der Waals surface area contributed by atoms with Gasteiger partial charge >= 0.3 is 6.18 Å². The average molecular weight is 451 g/mol. The molecular formula is C22H28F3N5O2. The van der Waals surface area contributed by atoms with E-state index in [2.05, 4.69) is 31.3 Å². The third-order valence-electron chi connectivity index (χ3n) is 6.45. The zero-order valence-electron chi connectivity index (χ0n) is 18.0. The van der Waals surface area contributed by atoms with E-state index in [1.807, 2.05) is 13.0 Å². The standard InChI is InChI=1S/C22H28F3N5O2/c1-14-13-30(8-9-32-14)19(15-10-28-21(29-11-15)22(23,24)25)12-27-20(31)17-4-2-6-18-16(17)5-3-7-26-18/h3,5,7,10-11,14,16-19H,2,4,6,8-9,12-13H2,1H3,(H,27,31). The molecule has 1 amide bonds. The van der Waals surface area contributed by atoms with Gasteiger partial charge in [-0.2, -0.15) is 13.2 Å². The number of amides is 1. The Labute approximate surface area is 185 Å². The second-order valence-electron chi connectivity index (χ2n) is 8.64. The molecule has 5 unspecified atom stereocenters. The number of carbonyl (C=O) groups excluding carboxylic acids is 1. The molecule has 1 aliphatic carbocycles. The number of alkyl halides is 3. The van der Waals surface area contributed by atoms with Gasteiger partial charge in [-0.25, -0.2) is 9.97 Å². The smallest absolute Gasteiger partial charge is 0.376 e. The maximum absolute atomic E-state index is 13.1. The number of rotatable bonds is 5. The number of nitrogens with zero attached hydrogens (tertiary/aromatic N) is 4. The topological polar surface area (TPSA) is 79.7 Å².